The molecule has 1 aliphatic carbocycles. The minimum atomic E-state index is -0.422. The molecular weight excluding hydrogens is 402 g/mol. The summed E-state index contributed by atoms with van der Waals surface area (Å²) < 4.78 is 7.10. The van der Waals surface area contributed by atoms with E-state index in [0.29, 0.717) is 5.92 Å². The third-order valence-electron chi connectivity index (χ3n) is 4.09. The van der Waals surface area contributed by atoms with Crippen molar-refractivity contribution in [3.8, 4) is 0 Å². The Morgan fingerprint density at radius 3 is 2.48 bits per heavy atom. The van der Waals surface area contributed by atoms with Gasteiger partial charge in [0.1, 0.15) is 20.6 Å². The van der Waals surface area contributed by atoms with Crippen molar-refractivity contribution in [3.05, 3.63) is 15.0 Å². The highest BCUT2D eigenvalue weighted by Gasteiger charge is 2.55. The SMILES string of the molecule is CC(C)(C)OC(=O)N1CC2(CC(c3nc(Br)c(Br)[nH]3)C2)C1. The number of amides is 1. The van der Waals surface area contributed by atoms with E-state index >= 15 is 0 Å². The van der Waals surface area contributed by atoms with Crippen LogP contribution in [0.25, 0.3) is 0 Å². The summed E-state index contributed by atoms with van der Waals surface area (Å²) >= 11 is 6.81. The number of halogens is 2. The maximum atomic E-state index is 11.9. The molecule has 2 heterocycles. The maximum Gasteiger partial charge on any atom is 0.410 e. The molecule has 1 aromatic heterocycles. The summed E-state index contributed by atoms with van der Waals surface area (Å²) in [6.07, 6.45) is 1.97. The average molecular weight is 421 g/mol. The molecule has 21 heavy (non-hydrogen) atoms. The number of carbonyl (C=O) groups excluding carboxylic acids is 1. The van der Waals surface area contributed by atoms with Gasteiger partial charge in [0.15, 0.2) is 0 Å². The first kappa shape index (κ1) is 15.3. The van der Waals surface area contributed by atoms with Crippen LogP contribution >= 0.6 is 31.9 Å². The molecule has 1 N–H and O–H groups in total. The van der Waals surface area contributed by atoms with E-state index < -0.39 is 5.60 Å². The van der Waals surface area contributed by atoms with Crippen LogP contribution in [0.3, 0.4) is 0 Å². The van der Waals surface area contributed by atoms with Crippen LogP contribution in [0.2, 0.25) is 0 Å². The van der Waals surface area contributed by atoms with Crippen LogP contribution < -0.4 is 0 Å². The third kappa shape index (κ3) is 2.99. The van der Waals surface area contributed by atoms with Crippen LogP contribution in [0.15, 0.2) is 9.21 Å². The zero-order valence-electron chi connectivity index (χ0n) is 12.4. The minimum Gasteiger partial charge on any atom is -0.444 e. The number of likely N-dealkylation sites (tertiary alicyclic amines) is 1. The zero-order valence-corrected chi connectivity index (χ0v) is 15.5. The van der Waals surface area contributed by atoms with E-state index in [1.165, 1.54) is 0 Å². The molecule has 1 saturated heterocycles. The fraction of sp³-hybridized carbons (Fsp3) is 0.714. The first-order chi connectivity index (χ1) is 9.67. The van der Waals surface area contributed by atoms with Crippen molar-refractivity contribution in [3.63, 3.8) is 0 Å². The van der Waals surface area contributed by atoms with E-state index in [1.807, 2.05) is 20.8 Å². The largest absolute Gasteiger partial charge is 0.444 e. The quantitative estimate of drug-likeness (QED) is 0.745. The lowest BCUT2D eigenvalue weighted by atomic mass is 9.57. The van der Waals surface area contributed by atoms with Gasteiger partial charge in [0.2, 0.25) is 0 Å². The smallest absolute Gasteiger partial charge is 0.410 e. The Kier molecular flexibility index (Phi) is 3.64. The van der Waals surface area contributed by atoms with Crippen LogP contribution in [-0.4, -0.2) is 39.7 Å². The second-order valence-electron chi connectivity index (χ2n) is 7.17. The molecule has 7 heteroatoms. The molecule has 1 amide bonds. The Bertz CT molecular complexity index is 546. The summed E-state index contributed by atoms with van der Waals surface area (Å²) in [5.74, 6) is 1.49. The van der Waals surface area contributed by atoms with Gasteiger partial charge in [0.05, 0.1) is 0 Å². The van der Waals surface area contributed by atoms with Gasteiger partial charge in [-0.15, -0.1) is 0 Å². The number of ether oxygens (including phenoxy) is 1. The van der Waals surface area contributed by atoms with Crippen LogP contribution in [0.1, 0.15) is 45.4 Å². The summed E-state index contributed by atoms with van der Waals surface area (Å²) in [6, 6.07) is 0. The Morgan fingerprint density at radius 2 is 2.00 bits per heavy atom. The number of aromatic amines is 1. The topological polar surface area (TPSA) is 58.2 Å². The molecule has 0 aromatic carbocycles. The van der Waals surface area contributed by atoms with Gasteiger partial charge in [0.25, 0.3) is 0 Å². The van der Waals surface area contributed by atoms with E-state index in [0.717, 1.165) is 41.0 Å². The van der Waals surface area contributed by atoms with E-state index in [4.69, 9.17) is 4.74 Å². The van der Waals surface area contributed by atoms with Gasteiger partial charge in [-0.3, -0.25) is 0 Å². The van der Waals surface area contributed by atoms with E-state index in [-0.39, 0.29) is 11.5 Å². The number of hydrogen-bond acceptors (Lipinski definition) is 3. The highest BCUT2D eigenvalue weighted by atomic mass is 79.9. The van der Waals surface area contributed by atoms with Crippen LogP contribution in [0, 0.1) is 5.41 Å². The van der Waals surface area contributed by atoms with Crippen molar-refractivity contribution < 1.29 is 9.53 Å². The van der Waals surface area contributed by atoms with E-state index in [9.17, 15) is 4.79 Å². The van der Waals surface area contributed by atoms with Crippen LogP contribution in [0.5, 0.6) is 0 Å². The molecule has 0 atom stereocenters. The number of imidazole rings is 1. The molecule has 1 saturated carbocycles. The summed E-state index contributed by atoms with van der Waals surface area (Å²) in [4.78, 5) is 21.5. The molecule has 116 valence electrons. The number of rotatable bonds is 1. The van der Waals surface area contributed by atoms with Crippen LogP contribution in [-0.2, 0) is 4.74 Å². The molecule has 0 radical (unpaired) electrons. The summed E-state index contributed by atoms with van der Waals surface area (Å²) in [7, 11) is 0. The molecule has 0 bridgehead atoms. The Balaban J connectivity index is 1.51. The molecule has 0 unspecified atom stereocenters. The number of nitrogens with zero attached hydrogens (tertiary/aromatic N) is 2. The Hall–Kier alpha value is -0.560. The Labute approximate surface area is 141 Å². The van der Waals surface area contributed by atoms with Crippen molar-refractivity contribution >= 4 is 38.0 Å². The molecule has 2 aliphatic rings. The number of carbonyl (C=O) groups is 1. The molecule has 2 fully saturated rings. The second-order valence-corrected chi connectivity index (χ2v) is 8.71. The minimum absolute atomic E-state index is 0.194. The van der Waals surface area contributed by atoms with Gasteiger partial charge >= 0.3 is 6.09 Å². The van der Waals surface area contributed by atoms with Gasteiger partial charge in [-0.25, -0.2) is 9.78 Å². The molecule has 5 nitrogen and oxygen atoms in total. The predicted molar refractivity (Wildman–Crippen MR) is 86.2 cm³/mol. The summed E-state index contributed by atoms with van der Waals surface area (Å²) in [5, 5.41) is 0. The summed E-state index contributed by atoms with van der Waals surface area (Å²) in [6.45, 7) is 7.30. The first-order valence-electron chi connectivity index (χ1n) is 7.06. The normalized spacial score (nSPS) is 21.1. The lowest BCUT2D eigenvalue weighted by Gasteiger charge is -2.58. The van der Waals surface area contributed by atoms with Gasteiger partial charge in [0, 0.05) is 24.4 Å². The first-order valence-corrected chi connectivity index (χ1v) is 8.65. The maximum absolute atomic E-state index is 11.9. The van der Waals surface area contributed by atoms with Crippen molar-refractivity contribution in [1.29, 1.82) is 0 Å². The van der Waals surface area contributed by atoms with Gasteiger partial charge in [-0.1, -0.05) is 0 Å². The van der Waals surface area contributed by atoms with Crippen molar-refractivity contribution in [1.82, 2.24) is 14.9 Å². The van der Waals surface area contributed by atoms with Gasteiger partial charge < -0.3 is 14.6 Å². The zero-order chi connectivity index (χ0) is 15.4. The molecule has 1 aromatic rings. The van der Waals surface area contributed by atoms with E-state index in [2.05, 4.69) is 41.8 Å². The number of nitrogens with one attached hydrogen (secondary N) is 1. The van der Waals surface area contributed by atoms with Gasteiger partial charge in [-0.2, -0.15) is 0 Å². The number of H-pyrrole nitrogens is 1. The highest BCUT2D eigenvalue weighted by Crippen LogP contribution is 2.55. The van der Waals surface area contributed by atoms with Crippen LogP contribution in [0.4, 0.5) is 4.79 Å². The van der Waals surface area contributed by atoms with E-state index in [1.54, 1.807) is 4.90 Å². The molecule has 1 spiro atoms. The average Bonchev–Trinajstić information content (AvgIpc) is 2.52. The number of aromatic nitrogens is 2. The third-order valence-corrected chi connectivity index (χ3v) is 5.77. The fourth-order valence-corrected chi connectivity index (χ4v) is 3.78. The number of hydrogen-bond donors (Lipinski definition) is 1. The highest BCUT2D eigenvalue weighted by molar-refractivity contribution is 9.13. The molecular formula is C14H19Br2N3O2. The Morgan fingerprint density at radius 1 is 1.38 bits per heavy atom. The standard InChI is InChI=1S/C14H19Br2N3O2/c1-13(2,3)21-12(20)19-6-14(7-19)4-8(5-14)11-17-9(15)10(16)18-11/h8H,4-7H2,1-3H3,(H,17,18). The second kappa shape index (κ2) is 4.98. The lowest BCUT2D eigenvalue weighted by molar-refractivity contribution is -0.0797. The fourth-order valence-electron chi connectivity index (χ4n) is 3.20. The van der Waals surface area contributed by atoms with Crippen molar-refractivity contribution in [2.24, 2.45) is 5.41 Å². The van der Waals surface area contributed by atoms with Crippen molar-refractivity contribution in [2.75, 3.05) is 13.1 Å². The van der Waals surface area contributed by atoms with Crippen molar-refractivity contribution in [2.45, 2.75) is 45.1 Å². The summed E-state index contributed by atoms with van der Waals surface area (Å²) in [5.41, 5.74) is -0.137. The molecule has 1 aliphatic heterocycles. The molecule has 3 rings (SSSR count). The predicted octanol–water partition coefficient (Wildman–Crippen LogP) is 4.05. The monoisotopic (exact) mass is 419 g/mol. The lowest BCUT2D eigenvalue weighted by Crippen LogP contribution is -2.63. The van der Waals surface area contributed by atoms with Gasteiger partial charge in [-0.05, 0) is 65.5 Å².